The minimum atomic E-state index is -0.167. The normalized spacial score (nSPS) is 20.5. The Morgan fingerprint density at radius 3 is 2.79 bits per heavy atom. The van der Waals surface area contributed by atoms with Crippen molar-refractivity contribution in [2.24, 2.45) is 5.73 Å². The molecular formula is C11H15FN2. The zero-order chi connectivity index (χ0) is 10.1. The predicted molar refractivity (Wildman–Crippen MR) is 54.4 cm³/mol. The maximum atomic E-state index is 12.9. The molecule has 0 aliphatic carbocycles. The van der Waals surface area contributed by atoms with Crippen LogP contribution in [0.4, 0.5) is 4.39 Å². The van der Waals surface area contributed by atoms with Crippen LogP contribution >= 0.6 is 0 Å². The van der Waals surface area contributed by atoms with Gasteiger partial charge in [-0.15, -0.1) is 0 Å². The van der Waals surface area contributed by atoms with E-state index in [1.807, 2.05) is 6.07 Å². The van der Waals surface area contributed by atoms with Crippen molar-refractivity contribution in [3.8, 4) is 0 Å². The number of hydrogen-bond donors (Lipinski definition) is 1. The van der Waals surface area contributed by atoms with Crippen molar-refractivity contribution < 1.29 is 4.39 Å². The molecule has 0 spiro atoms. The van der Waals surface area contributed by atoms with Gasteiger partial charge in [-0.05, 0) is 24.6 Å². The van der Waals surface area contributed by atoms with Crippen molar-refractivity contribution in [2.45, 2.75) is 19.0 Å². The smallest absolute Gasteiger partial charge is 0.123 e. The Morgan fingerprint density at radius 2 is 2.21 bits per heavy atom. The number of benzene rings is 1. The molecule has 1 atom stereocenters. The quantitative estimate of drug-likeness (QED) is 0.773. The predicted octanol–water partition coefficient (Wildman–Crippen LogP) is 1.53. The van der Waals surface area contributed by atoms with Gasteiger partial charge in [-0.1, -0.05) is 12.1 Å². The second kappa shape index (κ2) is 3.67. The molecule has 2 nitrogen and oxygen atoms in total. The van der Waals surface area contributed by atoms with E-state index in [9.17, 15) is 4.39 Å². The first kappa shape index (κ1) is 9.62. The van der Waals surface area contributed by atoms with E-state index in [2.05, 4.69) is 11.8 Å². The largest absolute Gasteiger partial charge is 0.325 e. The van der Waals surface area contributed by atoms with E-state index in [1.54, 1.807) is 12.1 Å². The van der Waals surface area contributed by atoms with Crippen molar-refractivity contribution in [1.82, 2.24) is 4.90 Å². The summed E-state index contributed by atoms with van der Waals surface area (Å²) in [6, 6.07) is 7.34. The third-order valence-electron chi connectivity index (χ3n) is 2.82. The summed E-state index contributed by atoms with van der Waals surface area (Å²) in [5.74, 6) is -0.167. The zero-order valence-electron chi connectivity index (χ0n) is 8.28. The Kier molecular flexibility index (Phi) is 2.52. The molecule has 1 saturated heterocycles. The Bertz CT molecular complexity index is 321. The first-order chi connectivity index (χ1) is 6.66. The molecule has 1 unspecified atom stereocenters. The van der Waals surface area contributed by atoms with Gasteiger partial charge in [0.25, 0.3) is 0 Å². The second-order valence-corrected chi connectivity index (χ2v) is 3.94. The van der Waals surface area contributed by atoms with Crippen LogP contribution in [0.15, 0.2) is 24.3 Å². The van der Waals surface area contributed by atoms with Gasteiger partial charge in [-0.3, -0.25) is 4.90 Å². The molecule has 0 saturated carbocycles. The molecule has 1 aliphatic rings. The van der Waals surface area contributed by atoms with Gasteiger partial charge in [-0.25, -0.2) is 4.39 Å². The van der Waals surface area contributed by atoms with Gasteiger partial charge in [-0.2, -0.15) is 0 Å². The summed E-state index contributed by atoms with van der Waals surface area (Å²) in [4.78, 5) is 2.25. The maximum absolute atomic E-state index is 12.9. The van der Waals surface area contributed by atoms with Crippen LogP contribution in [0.2, 0.25) is 0 Å². The van der Waals surface area contributed by atoms with Crippen LogP contribution in [0.25, 0.3) is 0 Å². The Hall–Kier alpha value is -0.930. The van der Waals surface area contributed by atoms with Crippen LogP contribution in [0, 0.1) is 5.82 Å². The minimum absolute atomic E-state index is 0.167. The summed E-state index contributed by atoms with van der Waals surface area (Å²) in [5, 5.41) is 0. The molecule has 1 aliphatic heterocycles. The van der Waals surface area contributed by atoms with Crippen LogP contribution in [0.3, 0.4) is 0 Å². The fourth-order valence-corrected chi connectivity index (χ4v) is 1.84. The van der Waals surface area contributed by atoms with E-state index in [0.717, 1.165) is 18.7 Å². The molecule has 1 heterocycles. The highest BCUT2D eigenvalue weighted by Crippen LogP contribution is 2.24. The Morgan fingerprint density at radius 1 is 1.50 bits per heavy atom. The van der Waals surface area contributed by atoms with Gasteiger partial charge in [0.2, 0.25) is 0 Å². The highest BCUT2D eigenvalue weighted by molar-refractivity contribution is 5.20. The molecule has 0 radical (unpaired) electrons. The Balaban J connectivity index is 2.07. The highest BCUT2D eigenvalue weighted by Gasteiger charge is 2.27. The average Bonchev–Trinajstić information content (AvgIpc) is 2.12. The molecule has 0 bridgehead atoms. The molecule has 1 aromatic carbocycles. The van der Waals surface area contributed by atoms with Crippen molar-refractivity contribution in [1.29, 1.82) is 0 Å². The van der Waals surface area contributed by atoms with Crippen LogP contribution in [0.5, 0.6) is 0 Å². The van der Waals surface area contributed by atoms with Gasteiger partial charge in [0.15, 0.2) is 0 Å². The number of rotatable bonds is 2. The number of hydrogen-bond acceptors (Lipinski definition) is 2. The standard InChI is InChI=1S/C11H15FN2/c1-8(14-6-11(13)7-14)9-3-2-4-10(12)5-9/h2-5,8,11H,6-7,13H2,1H3. The first-order valence-corrected chi connectivity index (χ1v) is 4.92. The van der Waals surface area contributed by atoms with Crippen LogP contribution < -0.4 is 5.73 Å². The summed E-state index contributed by atoms with van der Waals surface area (Å²) >= 11 is 0. The van der Waals surface area contributed by atoms with Crippen LogP contribution in [0.1, 0.15) is 18.5 Å². The Labute approximate surface area is 83.5 Å². The maximum Gasteiger partial charge on any atom is 0.123 e. The number of nitrogens with two attached hydrogens (primary N) is 1. The first-order valence-electron chi connectivity index (χ1n) is 4.92. The number of halogens is 1. The van der Waals surface area contributed by atoms with Gasteiger partial charge in [0.1, 0.15) is 5.82 Å². The lowest BCUT2D eigenvalue weighted by atomic mass is 10.0. The zero-order valence-corrected chi connectivity index (χ0v) is 8.28. The average molecular weight is 194 g/mol. The molecule has 1 aromatic rings. The third-order valence-corrected chi connectivity index (χ3v) is 2.82. The summed E-state index contributed by atoms with van der Waals surface area (Å²) in [6.45, 7) is 3.91. The van der Waals surface area contributed by atoms with Crippen molar-refractivity contribution >= 4 is 0 Å². The SMILES string of the molecule is CC(c1cccc(F)c1)N1CC(N)C1. The van der Waals surface area contributed by atoms with E-state index in [-0.39, 0.29) is 11.9 Å². The summed E-state index contributed by atoms with van der Waals surface area (Å²) < 4.78 is 12.9. The van der Waals surface area contributed by atoms with Crippen molar-refractivity contribution in [3.63, 3.8) is 0 Å². The molecule has 14 heavy (non-hydrogen) atoms. The summed E-state index contributed by atoms with van der Waals surface area (Å²) in [6.07, 6.45) is 0. The van der Waals surface area contributed by atoms with E-state index < -0.39 is 0 Å². The van der Waals surface area contributed by atoms with E-state index in [1.165, 1.54) is 6.07 Å². The highest BCUT2D eigenvalue weighted by atomic mass is 19.1. The molecule has 76 valence electrons. The molecule has 0 aromatic heterocycles. The third kappa shape index (κ3) is 1.79. The van der Waals surface area contributed by atoms with Crippen molar-refractivity contribution in [3.05, 3.63) is 35.6 Å². The summed E-state index contributed by atoms with van der Waals surface area (Å²) in [7, 11) is 0. The van der Waals surface area contributed by atoms with Gasteiger partial charge in [0, 0.05) is 25.2 Å². The lowest BCUT2D eigenvalue weighted by Gasteiger charge is -2.41. The monoisotopic (exact) mass is 194 g/mol. The molecular weight excluding hydrogens is 179 g/mol. The fourth-order valence-electron chi connectivity index (χ4n) is 1.84. The van der Waals surface area contributed by atoms with Gasteiger partial charge in [0.05, 0.1) is 0 Å². The van der Waals surface area contributed by atoms with E-state index in [0.29, 0.717) is 6.04 Å². The molecule has 2 N–H and O–H groups in total. The molecule has 2 rings (SSSR count). The van der Waals surface area contributed by atoms with E-state index in [4.69, 9.17) is 5.73 Å². The summed E-state index contributed by atoms with van der Waals surface area (Å²) in [5.41, 5.74) is 6.72. The molecule has 1 fully saturated rings. The van der Waals surface area contributed by atoms with Gasteiger partial charge < -0.3 is 5.73 Å². The lowest BCUT2D eigenvalue weighted by Crippen LogP contribution is -2.56. The molecule has 0 amide bonds. The second-order valence-electron chi connectivity index (χ2n) is 3.94. The molecule has 3 heteroatoms. The topological polar surface area (TPSA) is 29.3 Å². The van der Waals surface area contributed by atoms with Crippen LogP contribution in [-0.4, -0.2) is 24.0 Å². The fraction of sp³-hybridized carbons (Fsp3) is 0.455. The van der Waals surface area contributed by atoms with Crippen molar-refractivity contribution in [2.75, 3.05) is 13.1 Å². The number of likely N-dealkylation sites (tertiary alicyclic amines) is 1. The number of nitrogens with zero attached hydrogens (tertiary/aromatic N) is 1. The minimum Gasteiger partial charge on any atom is -0.325 e. The van der Waals surface area contributed by atoms with Crippen LogP contribution in [-0.2, 0) is 0 Å². The lowest BCUT2D eigenvalue weighted by molar-refractivity contribution is 0.103. The van der Waals surface area contributed by atoms with Gasteiger partial charge >= 0.3 is 0 Å². The van der Waals surface area contributed by atoms with E-state index >= 15 is 0 Å².